The molecule has 4 rings (SSSR count). The molecule has 6 nitrogen and oxygen atoms in total. The summed E-state index contributed by atoms with van der Waals surface area (Å²) in [5, 5.41) is 0. The molecule has 1 aromatic carbocycles. The molecule has 0 spiro atoms. The van der Waals surface area contributed by atoms with Crippen molar-refractivity contribution in [1.82, 2.24) is 14.9 Å². The van der Waals surface area contributed by atoms with Gasteiger partial charge in [-0.1, -0.05) is 39.8 Å². The third-order valence-corrected chi connectivity index (χ3v) is 6.48. The summed E-state index contributed by atoms with van der Waals surface area (Å²) in [4.78, 5) is 27.2. The highest BCUT2D eigenvalue weighted by molar-refractivity contribution is 5.77. The molecule has 1 amide bonds. The maximum absolute atomic E-state index is 13.7. The number of carbonyl (C=O) groups is 1. The highest BCUT2D eigenvalue weighted by Gasteiger charge is 2.29. The zero-order chi connectivity index (χ0) is 24.3. The molecule has 0 saturated carbocycles. The zero-order valence-electron chi connectivity index (χ0n) is 20.9. The largest absolute Gasteiger partial charge is 0.378 e. The molecule has 0 bridgehead atoms. The quantitative estimate of drug-likeness (QED) is 0.629. The van der Waals surface area contributed by atoms with Gasteiger partial charge < -0.3 is 14.5 Å². The van der Waals surface area contributed by atoms with E-state index in [1.807, 2.05) is 11.0 Å². The van der Waals surface area contributed by atoms with E-state index < -0.39 is 0 Å². The van der Waals surface area contributed by atoms with Gasteiger partial charge in [-0.05, 0) is 35.4 Å². The lowest BCUT2D eigenvalue weighted by molar-refractivity contribution is -0.133. The number of halogens is 1. The van der Waals surface area contributed by atoms with Crippen LogP contribution in [0.5, 0.6) is 0 Å². The highest BCUT2D eigenvalue weighted by Crippen LogP contribution is 2.30. The average molecular weight is 469 g/mol. The standard InChI is InChI=1S/C27H37FN4O2/c1-19(17-27(2,3)4)14-25(33)32-9-8-23-22(18-32)26(31-10-12-34-13-11-31)30-24(29-23)16-20-6-5-7-21(28)15-20/h5-7,15,19H,8-14,16-18H2,1-4H3. The van der Waals surface area contributed by atoms with Gasteiger partial charge in [0.2, 0.25) is 5.91 Å². The number of fused-ring (bicyclic) bond motifs is 1. The molecule has 7 heteroatoms. The number of nitrogens with zero attached hydrogens (tertiary/aromatic N) is 4. The number of carbonyl (C=O) groups excluding carboxylic acids is 1. The third kappa shape index (κ3) is 6.32. The fourth-order valence-corrected chi connectivity index (χ4v) is 5.15. The lowest BCUT2D eigenvalue weighted by atomic mass is 9.84. The fraction of sp³-hybridized carbons (Fsp3) is 0.593. The molecule has 1 fully saturated rings. The van der Waals surface area contributed by atoms with E-state index in [0.717, 1.165) is 42.1 Å². The molecular weight excluding hydrogens is 431 g/mol. The third-order valence-electron chi connectivity index (χ3n) is 6.48. The van der Waals surface area contributed by atoms with Crippen molar-refractivity contribution in [2.45, 2.75) is 59.9 Å². The van der Waals surface area contributed by atoms with Crippen LogP contribution in [0.3, 0.4) is 0 Å². The second kappa shape index (κ2) is 10.4. The molecule has 1 aromatic heterocycles. The van der Waals surface area contributed by atoms with Gasteiger partial charge in [0, 0.05) is 44.5 Å². The molecular formula is C27H37FN4O2. The van der Waals surface area contributed by atoms with Crippen molar-refractivity contribution in [3.63, 3.8) is 0 Å². The number of rotatable bonds is 6. The van der Waals surface area contributed by atoms with Crippen LogP contribution in [0.25, 0.3) is 0 Å². The van der Waals surface area contributed by atoms with E-state index in [1.54, 1.807) is 6.07 Å². The van der Waals surface area contributed by atoms with Gasteiger partial charge in [-0.25, -0.2) is 14.4 Å². The van der Waals surface area contributed by atoms with Crippen molar-refractivity contribution in [3.05, 3.63) is 52.7 Å². The molecule has 2 aliphatic heterocycles. The van der Waals surface area contributed by atoms with Crippen molar-refractivity contribution in [3.8, 4) is 0 Å². The zero-order valence-corrected chi connectivity index (χ0v) is 20.9. The summed E-state index contributed by atoms with van der Waals surface area (Å²) in [5.41, 5.74) is 3.12. The second-order valence-electron chi connectivity index (χ2n) is 10.9. The second-order valence-corrected chi connectivity index (χ2v) is 10.9. The lowest BCUT2D eigenvalue weighted by Gasteiger charge is -2.35. The maximum Gasteiger partial charge on any atom is 0.223 e. The van der Waals surface area contributed by atoms with Crippen molar-refractivity contribution in [2.24, 2.45) is 11.3 Å². The molecule has 3 heterocycles. The number of morpholine rings is 1. The summed E-state index contributed by atoms with van der Waals surface area (Å²) >= 11 is 0. The van der Waals surface area contributed by atoms with Gasteiger partial charge in [0.05, 0.1) is 25.5 Å². The van der Waals surface area contributed by atoms with Crippen LogP contribution in [0.2, 0.25) is 0 Å². The predicted molar refractivity (Wildman–Crippen MR) is 131 cm³/mol. The molecule has 0 aliphatic carbocycles. The summed E-state index contributed by atoms with van der Waals surface area (Å²) < 4.78 is 19.3. The van der Waals surface area contributed by atoms with Gasteiger partial charge in [-0.15, -0.1) is 0 Å². The van der Waals surface area contributed by atoms with Gasteiger partial charge in [0.1, 0.15) is 17.5 Å². The molecule has 0 N–H and O–H groups in total. The normalized spacial score (nSPS) is 17.4. The molecule has 1 saturated heterocycles. The summed E-state index contributed by atoms with van der Waals surface area (Å²) in [6.45, 7) is 12.9. The molecule has 1 unspecified atom stereocenters. The maximum atomic E-state index is 13.7. The topological polar surface area (TPSA) is 58.6 Å². The van der Waals surface area contributed by atoms with Crippen LogP contribution in [0, 0.1) is 17.2 Å². The van der Waals surface area contributed by atoms with Crippen LogP contribution < -0.4 is 4.90 Å². The van der Waals surface area contributed by atoms with E-state index in [1.165, 1.54) is 12.1 Å². The van der Waals surface area contributed by atoms with E-state index in [4.69, 9.17) is 14.7 Å². The van der Waals surface area contributed by atoms with Crippen molar-refractivity contribution in [1.29, 1.82) is 0 Å². The number of hydrogen-bond donors (Lipinski definition) is 0. The van der Waals surface area contributed by atoms with Crippen molar-refractivity contribution < 1.29 is 13.9 Å². The van der Waals surface area contributed by atoms with Gasteiger partial charge >= 0.3 is 0 Å². The summed E-state index contributed by atoms with van der Waals surface area (Å²) in [6, 6.07) is 6.61. The molecule has 1 atom stereocenters. The fourth-order valence-electron chi connectivity index (χ4n) is 5.15. The van der Waals surface area contributed by atoms with Gasteiger partial charge in [0.25, 0.3) is 0 Å². The predicted octanol–water partition coefficient (Wildman–Crippen LogP) is 4.39. The Kier molecular flexibility index (Phi) is 7.51. The summed E-state index contributed by atoms with van der Waals surface area (Å²) in [6.07, 6.45) is 2.78. The van der Waals surface area contributed by atoms with Crippen molar-refractivity contribution >= 4 is 11.7 Å². The molecule has 2 aromatic rings. The Bertz CT molecular complexity index is 1010. The highest BCUT2D eigenvalue weighted by atomic mass is 19.1. The number of ether oxygens (including phenoxy) is 1. The lowest BCUT2D eigenvalue weighted by Crippen LogP contribution is -2.41. The Hall–Kier alpha value is -2.54. The van der Waals surface area contributed by atoms with Crippen molar-refractivity contribution in [2.75, 3.05) is 37.7 Å². The molecule has 2 aliphatic rings. The Balaban J connectivity index is 1.57. The first-order valence-corrected chi connectivity index (χ1v) is 12.4. The number of amides is 1. The van der Waals surface area contributed by atoms with E-state index >= 15 is 0 Å². The van der Waals surface area contributed by atoms with Crippen LogP contribution in [-0.2, 0) is 28.9 Å². The first-order chi connectivity index (χ1) is 16.2. The van der Waals surface area contributed by atoms with Crippen LogP contribution in [-0.4, -0.2) is 53.6 Å². The Morgan fingerprint density at radius 2 is 1.94 bits per heavy atom. The average Bonchev–Trinajstić information content (AvgIpc) is 2.77. The monoisotopic (exact) mass is 468 g/mol. The van der Waals surface area contributed by atoms with E-state index in [0.29, 0.717) is 57.3 Å². The first-order valence-electron chi connectivity index (χ1n) is 12.4. The van der Waals surface area contributed by atoms with Gasteiger partial charge in [-0.3, -0.25) is 4.79 Å². The molecule has 34 heavy (non-hydrogen) atoms. The van der Waals surface area contributed by atoms with Gasteiger partial charge in [-0.2, -0.15) is 0 Å². The molecule has 0 radical (unpaired) electrons. The minimum absolute atomic E-state index is 0.208. The Labute approximate surface area is 202 Å². The van der Waals surface area contributed by atoms with Crippen LogP contribution in [0.15, 0.2) is 24.3 Å². The number of aromatic nitrogens is 2. The first kappa shape index (κ1) is 24.6. The number of hydrogen-bond acceptors (Lipinski definition) is 5. The van der Waals surface area contributed by atoms with Crippen LogP contribution in [0.1, 0.15) is 63.2 Å². The molecule has 184 valence electrons. The van der Waals surface area contributed by atoms with Crippen LogP contribution >= 0.6 is 0 Å². The van der Waals surface area contributed by atoms with E-state index in [9.17, 15) is 9.18 Å². The smallest absolute Gasteiger partial charge is 0.223 e. The Morgan fingerprint density at radius 1 is 1.18 bits per heavy atom. The summed E-state index contributed by atoms with van der Waals surface area (Å²) in [7, 11) is 0. The SMILES string of the molecule is CC(CC(=O)N1CCc2nc(Cc3cccc(F)c3)nc(N3CCOCC3)c2C1)CC(C)(C)C. The van der Waals surface area contributed by atoms with E-state index in [2.05, 4.69) is 32.6 Å². The summed E-state index contributed by atoms with van der Waals surface area (Å²) in [5.74, 6) is 1.90. The minimum Gasteiger partial charge on any atom is -0.378 e. The number of benzene rings is 1. The van der Waals surface area contributed by atoms with E-state index in [-0.39, 0.29) is 17.1 Å². The van der Waals surface area contributed by atoms with Gasteiger partial charge in [0.15, 0.2) is 0 Å². The van der Waals surface area contributed by atoms with Crippen LogP contribution in [0.4, 0.5) is 10.2 Å². The Morgan fingerprint density at radius 3 is 2.65 bits per heavy atom. The number of anilines is 1. The minimum atomic E-state index is -0.251.